The van der Waals surface area contributed by atoms with Crippen LogP contribution >= 0.6 is 0 Å². The van der Waals surface area contributed by atoms with Gasteiger partial charge in [0.15, 0.2) is 11.6 Å². The van der Waals surface area contributed by atoms with Gasteiger partial charge in [-0.2, -0.15) is 5.10 Å². The molecule has 0 radical (unpaired) electrons. The molecule has 0 spiro atoms. The Kier molecular flexibility index (Phi) is 4.81. The number of piperidine rings is 1. The summed E-state index contributed by atoms with van der Waals surface area (Å²) in [7, 11) is 1.81. The number of phenols is 1. The Balaban J connectivity index is 1.44. The maximum Gasteiger partial charge on any atom is 0.274 e. The number of nitrogens with one attached hydrogen (secondary N) is 1. The second-order valence-corrected chi connectivity index (χ2v) is 8.27. The van der Waals surface area contributed by atoms with E-state index in [9.17, 15) is 14.3 Å². The molecule has 0 aliphatic carbocycles. The SMILES string of the molecule is CCn1ncc2cc(-c3ncc(N(C)[C@H]4CC5CCC(N5)[C@H]4F)nn3)c(O)cc2c1=O. The highest BCUT2D eigenvalue weighted by atomic mass is 19.1. The first-order valence-corrected chi connectivity index (χ1v) is 10.5. The maximum atomic E-state index is 14.9. The van der Waals surface area contributed by atoms with Crippen LogP contribution in [-0.4, -0.2) is 61.4 Å². The Bertz CT molecular complexity index is 1180. The fourth-order valence-corrected chi connectivity index (χ4v) is 4.70. The molecule has 2 unspecified atom stereocenters. The molecule has 1 aromatic carbocycles. The van der Waals surface area contributed by atoms with Gasteiger partial charge in [-0.3, -0.25) is 4.79 Å². The molecule has 2 bridgehead atoms. The first-order chi connectivity index (χ1) is 15.0. The van der Waals surface area contributed by atoms with Gasteiger partial charge >= 0.3 is 0 Å². The molecule has 4 heterocycles. The van der Waals surface area contributed by atoms with Gasteiger partial charge in [0.2, 0.25) is 0 Å². The van der Waals surface area contributed by atoms with Crippen LogP contribution in [0.3, 0.4) is 0 Å². The van der Waals surface area contributed by atoms with Gasteiger partial charge in [-0.15, -0.1) is 10.2 Å². The van der Waals surface area contributed by atoms with Crippen molar-refractivity contribution in [3.8, 4) is 17.1 Å². The molecule has 3 aromatic rings. The van der Waals surface area contributed by atoms with E-state index in [0.29, 0.717) is 41.2 Å². The molecule has 2 N–H and O–H groups in total. The number of aromatic hydroxyl groups is 1. The zero-order chi connectivity index (χ0) is 21.7. The molecule has 162 valence electrons. The zero-order valence-corrected chi connectivity index (χ0v) is 17.4. The summed E-state index contributed by atoms with van der Waals surface area (Å²) in [5, 5.41) is 27.3. The Morgan fingerprint density at radius 2 is 2.13 bits per heavy atom. The number of nitrogens with zero attached hydrogens (tertiary/aromatic N) is 6. The summed E-state index contributed by atoms with van der Waals surface area (Å²) < 4.78 is 16.2. The molecule has 0 saturated carbocycles. The first-order valence-electron chi connectivity index (χ1n) is 10.5. The molecule has 2 aliphatic rings. The molecular formula is C21H24FN7O2. The standard InChI is InChI=1S/C21H24FN7O2/c1-3-29-21(31)13-8-17(30)14(6-11(13)9-24-29)20-23-10-18(26-27-20)28(2)16-7-12-4-5-15(25-12)19(16)22/h6,8-10,12,15-16,19,25,30H,3-5,7H2,1-2H3/t12?,15?,16-,19+/m0/s1. The minimum atomic E-state index is -0.977. The third-order valence-corrected chi connectivity index (χ3v) is 6.47. The van der Waals surface area contributed by atoms with E-state index in [1.807, 2.05) is 14.0 Å². The maximum absolute atomic E-state index is 14.9. The van der Waals surface area contributed by atoms with Crippen LogP contribution in [0.5, 0.6) is 5.75 Å². The first kappa shape index (κ1) is 19.8. The van der Waals surface area contributed by atoms with Crippen LogP contribution in [0.25, 0.3) is 22.2 Å². The summed E-state index contributed by atoms with van der Waals surface area (Å²) in [6, 6.07) is 2.99. The number of halogens is 1. The number of alkyl halides is 1. The topological polar surface area (TPSA) is 109 Å². The van der Waals surface area contributed by atoms with Crippen molar-refractivity contribution in [1.82, 2.24) is 30.3 Å². The fraction of sp³-hybridized carbons (Fsp3) is 0.476. The van der Waals surface area contributed by atoms with E-state index < -0.39 is 6.17 Å². The van der Waals surface area contributed by atoms with Gasteiger partial charge in [-0.25, -0.2) is 14.1 Å². The van der Waals surface area contributed by atoms with Crippen LogP contribution in [0, 0.1) is 0 Å². The second kappa shape index (κ2) is 7.52. The molecule has 4 atom stereocenters. The molecule has 31 heavy (non-hydrogen) atoms. The highest BCUT2D eigenvalue weighted by molar-refractivity contribution is 5.88. The Morgan fingerprint density at radius 3 is 2.87 bits per heavy atom. The van der Waals surface area contributed by atoms with E-state index in [-0.39, 0.29) is 29.2 Å². The highest BCUT2D eigenvalue weighted by Gasteiger charge is 2.43. The third kappa shape index (κ3) is 3.31. The number of aromatic nitrogens is 5. The number of phenolic OH excluding ortho intramolecular Hbond substituents is 1. The third-order valence-electron chi connectivity index (χ3n) is 6.47. The molecule has 0 amide bonds. The predicted molar refractivity (Wildman–Crippen MR) is 114 cm³/mol. The fourth-order valence-electron chi connectivity index (χ4n) is 4.70. The Hall–Kier alpha value is -3.14. The number of fused-ring (bicyclic) bond motifs is 3. The number of hydrogen-bond acceptors (Lipinski definition) is 8. The summed E-state index contributed by atoms with van der Waals surface area (Å²) >= 11 is 0. The van der Waals surface area contributed by atoms with Crippen molar-refractivity contribution in [2.45, 2.75) is 57.0 Å². The zero-order valence-electron chi connectivity index (χ0n) is 17.4. The average Bonchev–Trinajstić information content (AvgIpc) is 3.20. The number of rotatable bonds is 4. The van der Waals surface area contributed by atoms with Crippen LogP contribution in [-0.2, 0) is 6.54 Å². The molecule has 5 rings (SSSR count). The average molecular weight is 425 g/mol. The van der Waals surface area contributed by atoms with Crippen LogP contribution in [0.4, 0.5) is 10.2 Å². The lowest BCUT2D eigenvalue weighted by Crippen LogP contribution is -2.55. The number of anilines is 1. The van der Waals surface area contributed by atoms with E-state index in [2.05, 4.69) is 25.6 Å². The van der Waals surface area contributed by atoms with Gasteiger partial charge in [0.05, 0.1) is 29.4 Å². The Morgan fingerprint density at radius 1 is 1.29 bits per heavy atom. The van der Waals surface area contributed by atoms with Gasteiger partial charge in [-0.1, -0.05) is 0 Å². The largest absolute Gasteiger partial charge is 0.507 e. The summed E-state index contributed by atoms with van der Waals surface area (Å²) in [6.45, 7) is 2.27. The van der Waals surface area contributed by atoms with Crippen molar-refractivity contribution in [1.29, 1.82) is 0 Å². The second-order valence-electron chi connectivity index (χ2n) is 8.27. The molecule has 2 aliphatic heterocycles. The van der Waals surface area contributed by atoms with Crippen LogP contribution in [0.1, 0.15) is 26.2 Å². The Labute approximate surface area is 177 Å². The van der Waals surface area contributed by atoms with Gasteiger partial charge in [0.1, 0.15) is 11.9 Å². The quantitative estimate of drug-likeness (QED) is 0.649. The number of hydrogen-bond donors (Lipinski definition) is 2. The van der Waals surface area contributed by atoms with Crippen molar-refractivity contribution >= 4 is 16.6 Å². The molecule has 9 nitrogen and oxygen atoms in total. The van der Waals surface area contributed by atoms with Gasteiger partial charge in [-0.05, 0) is 38.3 Å². The van der Waals surface area contributed by atoms with Crippen molar-refractivity contribution in [2.24, 2.45) is 0 Å². The molecule has 2 aromatic heterocycles. The predicted octanol–water partition coefficient (Wildman–Crippen LogP) is 1.64. The van der Waals surface area contributed by atoms with E-state index in [4.69, 9.17) is 0 Å². The molecule has 10 heteroatoms. The number of benzene rings is 1. The highest BCUT2D eigenvalue weighted by Crippen LogP contribution is 2.34. The van der Waals surface area contributed by atoms with Gasteiger partial charge < -0.3 is 15.3 Å². The lowest BCUT2D eigenvalue weighted by molar-refractivity contribution is 0.176. The van der Waals surface area contributed by atoms with Crippen molar-refractivity contribution in [2.75, 3.05) is 11.9 Å². The summed E-state index contributed by atoms with van der Waals surface area (Å²) in [6.07, 6.45) is 4.71. The van der Waals surface area contributed by atoms with E-state index in [1.54, 1.807) is 17.2 Å². The van der Waals surface area contributed by atoms with Crippen molar-refractivity contribution < 1.29 is 9.50 Å². The summed E-state index contributed by atoms with van der Waals surface area (Å²) in [5.41, 5.74) is 0.0857. The lowest BCUT2D eigenvalue weighted by atomic mass is 9.96. The molecular weight excluding hydrogens is 401 g/mol. The normalized spacial score (nSPS) is 25.1. The smallest absolute Gasteiger partial charge is 0.274 e. The van der Waals surface area contributed by atoms with Crippen LogP contribution < -0.4 is 15.8 Å². The van der Waals surface area contributed by atoms with Crippen LogP contribution in [0.15, 0.2) is 29.3 Å². The van der Waals surface area contributed by atoms with E-state index >= 15 is 0 Å². The molecule has 2 fully saturated rings. The number of aryl methyl sites for hydroxylation is 1. The van der Waals surface area contributed by atoms with Gasteiger partial charge in [0.25, 0.3) is 5.56 Å². The minimum Gasteiger partial charge on any atom is -0.507 e. The summed E-state index contributed by atoms with van der Waals surface area (Å²) in [4.78, 5) is 18.6. The summed E-state index contributed by atoms with van der Waals surface area (Å²) in [5.74, 6) is 0.587. The van der Waals surface area contributed by atoms with E-state index in [0.717, 1.165) is 12.8 Å². The molecule has 2 saturated heterocycles. The lowest BCUT2D eigenvalue weighted by Gasteiger charge is -2.38. The minimum absolute atomic E-state index is 0.105. The van der Waals surface area contributed by atoms with Crippen molar-refractivity contribution in [3.05, 3.63) is 34.9 Å². The van der Waals surface area contributed by atoms with Crippen molar-refractivity contribution in [3.63, 3.8) is 0 Å². The monoisotopic (exact) mass is 425 g/mol. The van der Waals surface area contributed by atoms with E-state index in [1.165, 1.54) is 16.9 Å². The van der Waals surface area contributed by atoms with Crippen LogP contribution in [0.2, 0.25) is 0 Å². The van der Waals surface area contributed by atoms with Gasteiger partial charge in [0, 0.05) is 31.1 Å².